The molecule has 0 radical (unpaired) electrons. The monoisotopic (exact) mass is 226 g/mol. The first-order chi connectivity index (χ1) is 8.31. The van der Waals surface area contributed by atoms with Gasteiger partial charge >= 0.3 is 0 Å². The molecule has 1 atom stereocenters. The summed E-state index contributed by atoms with van der Waals surface area (Å²) < 4.78 is 0. The molecule has 17 heavy (non-hydrogen) atoms. The summed E-state index contributed by atoms with van der Waals surface area (Å²) in [7, 11) is 0. The second kappa shape index (κ2) is 5.60. The fraction of sp³-hybridized carbons (Fsp3) is 0.267. The van der Waals surface area contributed by atoms with Gasteiger partial charge in [-0.2, -0.15) is 0 Å². The molecule has 1 heterocycles. The van der Waals surface area contributed by atoms with Crippen LogP contribution in [0.4, 0.5) is 0 Å². The summed E-state index contributed by atoms with van der Waals surface area (Å²) in [5.74, 6) is 0. The quantitative estimate of drug-likeness (QED) is 0.866. The van der Waals surface area contributed by atoms with Crippen molar-refractivity contribution in [3.05, 3.63) is 65.5 Å². The van der Waals surface area contributed by atoms with Gasteiger partial charge in [-0.25, -0.2) is 0 Å². The topological polar surface area (TPSA) is 24.9 Å². The highest BCUT2D eigenvalue weighted by Gasteiger charge is 2.12. The molecule has 0 aliphatic heterocycles. The van der Waals surface area contributed by atoms with Crippen LogP contribution in [0.2, 0.25) is 0 Å². The average Bonchev–Trinajstić information content (AvgIpc) is 2.38. The first-order valence-electron chi connectivity index (χ1n) is 6.01. The van der Waals surface area contributed by atoms with Crippen LogP contribution in [0.5, 0.6) is 0 Å². The first kappa shape index (κ1) is 11.8. The zero-order valence-electron chi connectivity index (χ0n) is 10.4. The molecule has 2 nitrogen and oxygen atoms in total. The molecule has 0 bridgehead atoms. The largest absolute Gasteiger partial charge is 0.306 e. The highest BCUT2D eigenvalue weighted by Crippen LogP contribution is 2.21. The molecule has 0 unspecified atom stereocenters. The van der Waals surface area contributed by atoms with Gasteiger partial charge in [-0.05, 0) is 30.7 Å². The minimum atomic E-state index is 0.231. The van der Waals surface area contributed by atoms with Crippen LogP contribution in [-0.4, -0.2) is 11.5 Å². The van der Waals surface area contributed by atoms with E-state index in [0.717, 1.165) is 6.54 Å². The van der Waals surface area contributed by atoms with Gasteiger partial charge in [0.15, 0.2) is 0 Å². The van der Waals surface area contributed by atoms with Crippen molar-refractivity contribution in [1.29, 1.82) is 0 Å². The predicted octanol–water partition coefficient (Wildman–Crippen LogP) is 3.09. The SMILES string of the molecule is CCN[C@@H](c1ccc(C)cc1)c1cccnc1. The van der Waals surface area contributed by atoms with E-state index in [1.165, 1.54) is 16.7 Å². The number of nitrogens with zero attached hydrogens (tertiary/aromatic N) is 1. The van der Waals surface area contributed by atoms with E-state index in [9.17, 15) is 0 Å². The third-order valence-corrected chi connectivity index (χ3v) is 2.84. The number of benzene rings is 1. The van der Waals surface area contributed by atoms with Gasteiger partial charge in [-0.3, -0.25) is 4.98 Å². The zero-order chi connectivity index (χ0) is 12.1. The molecule has 1 aromatic heterocycles. The number of pyridine rings is 1. The number of aryl methyl sites for hydroxylation is 1. The van der Waals surface area contributed by atoms with Gasteiger partial charge in [-0.15, -0.1) is 0 Å². The van der Waals surface area contributed by atoms with Crippen molar-refractivity contribution in [1.82, 2.24) is 10.3 Å². The molecule has 0 fully saturated rings. The molecule has 2 aromatic rings. The van der Waals surface area contributed by atoms with E-state index < -0.39 is 0 Å². The van der Waals surface area contributed by atoms with E-state index >= 15 is 0 Å². The summed E-state index contributed by atoms with van der Waals surface area (Å²) in [4.78, 5) is 4.19. The maximum Gasteiger partial charge on any atom is 0.0591 e. The van der Waals surface area contributed by atoms with E-state index in [2.05, 4.69) is 54.5 Å². The van der Waals surface area contributed by atoms with Crippen LogP contribution in [-0.2, 0) is 0 Å². The lowest BCUT2D eigenvalue weighted by Crippen LogP contribution is -2.22. The smallest absolute Gasteiger partial charge is 0.0591 e. The van der Waals surface area contributed by atoms with Crippen LogP contribution in [0.15, 0.2) is 48.8 Å². The number of hydrogen-bond acceptors (Lipinski definition) is 2. The van der Waals surface area contributed by atoms with Gasteiger partial charge in [0.05, 0.1) is 6.04 Å². The van der Waals surface area contributed by atoms with Crippen molar-refractivity contribution < 1.29 is 0 Å². The molecule has 0 saturated heterocycles. The Kier molecular flexibility index (Phi) is 3.89. The van der Waals surface area contributed by atoms with E-state index in [1.54, 1.807) is 0 Å². The van der Waals surface area contributed by atoms with Gasteiger partial charge in [0.2, 0.25) is 0 Å². The Morgan fingerprint density at radius 3 is 2.47 bits per heavy atom. The number of rotatable bonds is 4. The second-order valence-electron chi connectivity index (χ2n) is 4.19. The summed E-state index contributed by atoms with van der Waals surface area (Å²) in [5, 5.41) is 3.49. The van der Waals surface area contributed by atoms with Crippen molar-refractivity contribution >= 4 is 0 Å². The van der Waals surface area contributed by atoms with Gasteiger partial charge in [0.1, 0.15) is 0 Å². The molecule has 1 N–H and O–H groups in total. The first-order valence-corrected chi connectivity index (χ1v) is 6.01. The number of hydrogen-bond donors (Lipinski definition) is 1. The van der Waals surface area contributed by atoms with E-state index in [1.807, 2.05) is 18.5 Å². The fourth-order valence-electron chi connectivity index (χ4n) is 1.94. The summed E-state index contributed by atoms with van der Waals surface area (Å²) >= 11 is 0. The van der Waals surface area contributed by atoms with Gasteiger partial charge in [0, 0.05) is 12.4 Å². The molecule has 0 spiro atoms. The summed E-state index contributed by atoms with van der Waals surface area (Å²) in [5.41, 5.74) is 3.78. The Bertz CT molecular complexity index is 448. The molecule has 2 rings (SSSR count). The van der Waals surface area contributed by atoms with Crippen molar-refractivity contribution in [3.8, 4) is 0 Å². The summed E-state index contributed by atoms with van der Waals surface area (Å²) in [6, 6.07) is 13.0. The standard InChI is InChI=1S/C15H18N2/c1-3-17-15(14-5-4-10-16-11-14)13-8-6-12(2)7-9-13/h4-11,15,17H,3H2,1-2H3/t15-/m0/s1. The maximum absolute atomic E-state index is 4.19. The lowest BCUT2D eigenvalue weighted by Gasteiger charge is -2.18. The molecule has 2 heteroatoms. The van der Waals surface area contributed by atoms with Crippen LogP contribution in [0.25, 0.3) is 0 Å². The van der Waals surface area contributed by atoms with Crippen LogP contribution in [0.3, 0.4) is 0 Å². The lowest BCUT2D eigenvalue weighted by molar-refractivity contribution is 0.628. The molecular weight excluding hydrogens is 208 g/mol. The second-order valence-corrected chi connectivity index (χ2v) is 4.19. The average molecular weight is 226 g/mol. The van der Waals surface area contributed by atoms with Gasteiger partial charge < -0.3 is 5.32 Å². The Balaban J connectivity index is 2.32. The van der Waals surface area contributed by atoms with E-state index in [4.69, 9.17) is 0 Å². The Morgan fingerprint density at radius 2 is 1.88 bits per heavy atom. The number of nitrogens with one attached hydrogen (secondary N) is 1. The van der Waals surface area contributed by atoms with Gasteiger partial charge in [-0.1, -0.05) is 42.8 Å². The minimum absolute atomic E-state index is 0.231. The maximum atomic E-state index is 4.19. The summed E-state index contributed by atoms with van der Waals surface area (Å²) in [6.45, 7) is 5.17. The van der Waals surface area contributed by atoms with Gasteiger partial charge in [0.25, 0.3) is 0 Å². The van der Waals surface area contributed by atoms with Crippen LogP contribution in [0.1, 0.15) is 29.7 Å². The molecule has 1 aromatic carbocycles. The highest BCUT2D eigenvalue weighted by atomic mass is 14.9. The molecule has 0 amide bonds. The minimum Gasteiger partial charge on any atom is -0.306 e. The van der Waals surface area contributed by atoms with Crippen molar-refractivity contribution in [3.63, 3.8) is 0 Å². The van der Waals surface area contributed by atoms with Crippen molar-refractivity contribution in [2.24, 2.45) is 0 Å². The van der Waals surface area contributed by atoms with Crippen molar-refractivity contribution in [2.45, 2.75) is 19.9 Å². The van der Waals surface area contributed by atoms with Crippen LogP contribution < -0.4 is 5.32 Å². The third-order valence-electron chi connectivity index (χ3n) is 2.84. The van der Waals surface area contributed by atoms with E-state index in [0.29, 0.717) is 0 Å². The Hall–Kier alpha value is -1.67. The Labute approximate surface area is 103 Å². The Morgan fingerprint density at radius 1 is 1.12 bits per heavy atom. The van der Waals surface area contributed by atoms with Crippen LogP contribution in [0, 0.1) is 6.92 Å². The normalized spacial score (nSPS) is 12.4. The molecule has 88 valence electrons. The lowest BCUT2D eigenvalue weighted by atomic mass is 9.99. The summed E-state index contributed by atoms with van der Waals surface area (Å²) in [6.07, 6.45) is 3.73. The third kappa shape index (κ3) is 2.92. The van der Waals surface area contributed by atoms with Crippen molar-refractivity contribution in [2.75, 3.05) is 6.54 Å². The zero-order valence-corrected chi connectivity index (χ0v) is 10.4. The van der Waals surface area contributed by atoms with E-state index in [-0.39, 0.29) is 6.04 Å². The molecule has 0 saturated carbocycles. The molecule has 0 aliphatic carbocycles. The molecular formula is C15H18N2. The highest BCUT2D eigenvalue weighted by molar-refractivity contribution is 5.31. The predicted molar refractivity (Wildman–Crippen MR) is 70.9 cm³/mol. The molecule has 0 aliphatic rings. The fourth-order valence-corrected chi connectivity index (χ4v) is 1.94. The van der Waals surface area contributed by atoms with Crippen LogP contribution >= 0.6 is 0 Å². The number of aromatic nitrogens is 1.